The maximum Gasteiger partial charge on any atom is 0.285 e. The smallest absolute Gasteiger partial charge is 0.285 e. The topological polar surface area (TPSA) is 93.0 Å². The highest BCUT2D eigenvalue weighted by Gasteiger charge is 2.26. The van der Waals surface area contributed by atoms with E-state index in [9.17, 15) is 14.5 Å². The summed E-state index contributed by atoms with van der Waals surface area (Å²) in [7, 11) is 0. The van der Waals surface area contributed by atoms with E-state index >= 15 is 0 Å². The molecule has 0 amide bonds. The molecule has 9 heteroatoms. The molecule has 2 N–H and O–H groups in total. The highest BCUT2D eigenvalue weighted by molar-refractivity contribution is 6.31. The van der Waals surface area contributed by atoms with Gasteiger partial charge in [-0.1, -0.05) is 29.5 Å². The fourth-order valence-electron chi connectivity index (χ4n) is 3.38. The Hall–Kier alpha value is -3.28. The maximum atomic E-state index is 14.3. The van der Waals surface area contributed by atoms with Gasteiger partial charge in [-0.25, -0.2) is 14.4 Å². The molecule has 0 aliphatic carbocycles. The van der Waals surface area contributed by atoms with Crippen molar-refractivity contribution < 1.29 is 9.31 Å². The number of hydrogen-bond acceptors (Lipinski definition) is 6. The van der Waals surface area contributed by atoms with Crippen LogP contribution in [0.3, 0.4) is 0 Å². The summed E-state index contributed by atoms with van der Waals surface area (Å²) in [6, 6.07) is 7.42. The molecule has 3 aromatic rings. The number of nitro benzene ring substituents is 1. The average Bonchev–Trinajstić information content (AvgIpc) is 3.16. The van der Waals surface area contributed by atoms with E-state index in [1.807, 2.05) is 6.92 Å². The normalized spacial score (nSPS) is 18.1. The third-order valence-electron chi connectivity index (χ3n) is 5.00. The quantitative estimate of drug-likeness (QED) is 0.363. The molecule has 0 saturated carbocycles. The number of nitro groups is 1. The molecule has 2 heterocycles. The lowest BCUT2D eigenvalue weighted by molar-refractivity contribution is -0.385. The van der Waals surface area contributed by atoms with E-state index in [1.165, 1.54) is 24.5 Å². The molecule has 2 aromatic carbocycles. The van der Waals surface area contributed by atoms with Crippen molar-refractivity contribution in [1.29, 1.82) is 0 Å². The van der Waals surface area contributed by atoms with Crippen LogP contribution in [0.2, 0.25) is 5.02 Å². The Morgan fingerprint density at radius 1 is 1.37 bits per heavy atom. The van der Waals surface area contributed by atoms with Crippen LogP contribution in [0.1, 0.15) is 25.3 Å². The summed E-state index contributed by atoms with van der Waals surface area (Å²) in [6.07, 6.45) is 3.19. The lowest BCUT2D eigenvalue weighted by Crippen LogP contribution is -2.34. The van der Waals surface area contributed by atoms with Crippen molar-refractivity contribution in [1.82, 2.24) is 15.3 Å². The lowest BCUT2D eigenvalue weighted by atomic mass is 10.00. The van der Waals surface area contributed by atoms with Crippen LogP contribution in [0.15, 0.2) is 36.7 Å². The van der Waals surface area contributed by atoms with E-state index in [1.54, 1.807) is 12.1 Å². The molecule has 1 aliphatic heterocycles. The molecule has 30 heavy (non-hydrogen) atoms. The Morgan fingerprint density at radius 2 is 2.20 bits per heavy atom. The predicted molar refractivity (Wildman–Crippen MR) is 113 cm³/mol. The Morgan fingerprint density at radius 3 is 2.93 bits per heavy atom. The van der Waals surface area contributed by atoms with Crippen molar-refractivity contribution in [2.75, 3.05) is 11.9 Å². The monoisotopic (exact) mass is 425 g/mol. The molecule has 0 spiro atoms. The number of fused-ring (bicyclic) bond motifs is 1. The molecule has 1 aromatic heterocycles. The van der Waals surface area contributed by atoms with Gasteiger partial charge in [-0.15, -0.1) is 0 Å². The van der Waals surface area contributed by atoms with Crippen LogP contribution < -0.4 is 10.6 Å². The van der Waals surface area contributed by atoms with Crippen molar-refractivity contribution in [3.8, 4) is 11.8 Å². The highest BCUT2D eigenvalue weighted by atomic mass is 35.5. The van der Waals surface area contributed by atoms with Crippen molar-refractivity contribution in [2.45, 2.75) is 25.3 Å². The van der Waals surface area contributed by atoms with Gasteiger partial charge in [-0.2, -0.15) is 0 Å². The van der Waals surface area contributed by atoms with Gasteiger partial charge >= 0.3 is 0 Å². The Kier molecular flexibility index (Phi) is 5.24. The van der Waals surface area contributed by atoms with Gasteiger partial charge < -0.3 is 10.6 Å². The standard InChI is InChI=1S/C21H17ClFN5O2/c1-21(7-3-9-26-21)8-6-13-10-17-14(11-18(13)28(29)30)20(25-12-24-17)27-16-5-2-4-15(22)19(16)23/h2,4-5,10-12,26H,3,7,9H2,1H3,(H,24,25,27). The summed E-state index contributed by atoms with van der Waals surface area (Å²) in [6.45, 7) is 2.84. The Labute approximate surface area is 176 Å². The first-order valence-electron chi connectivity index (χ1n) is 9.29. The first-order chi connectivity index (χ1) is 14.4. The van der Waals surface area contributed by atoms with Crippen LogP contribution >= 0.6 is 11.6 Å². The second-order valence-corrected chi connectivity index (χ2v) is 7.61. The minimum absolute atomic E-state index is 0.0454. The molecule has 152 valence electrons. The van der Waals surface area contributed by atoms with E-state index in [4.69, 9.17) is 11.6 Å². The lowest BCUT2D eigenvalue weighted by Gasteiger charge is -2.15. The van der Waals surface area contributed by atoms with Crippen LogP contribution in [0.25, 0.3) is 10.9 Å². The number of rotatable bonds is 3. The summed E-state index contributed by atoms with van der Waals surface area (Å²) < 4.78 is 14.3. The van der Waals surface area contributed by atoms with Gasteiger partial charge in [-0.3, -0.25) is 10.1 Å². The number of nitrogens with zero attached hydrogens (tertiary/aromatic N) is 3. The van der Waals surface area contributed by atoms with Gasteiger partial charge in [-0.05, 0) is 44.5 Å². The van der Waals surface area contributed by atoms with Gasteiger partial charge in [0.1, 0.15) is 17.7 Å². The van der Waals surface area contributed by atoms with Gasteiger partial charge in [0.25, 0.3) is 5.69 Å². The zero-order valence-electron chi connectivity index (χ0n) is 16.0. The summed E-state index contributed by atoms with van der Waals surface area (Å²) in [4.78, 5) is 19.5. The van der Waals surface area contributed by atoms with Crippen LogP contribution in [0.5, 0.6) is 0 Å². The zero-order valence-corrected chi connectivity index (χ0v) is 16.8. The molecule has 0 radical (unpaired) electrons. The van der Waals surface area contributed by atoms with Crippen LogP contribution in [0, 0.1) is 27.8 Å². The number of halogens is 2. The molecule has 1 fully saturated rings. The first-order valence-corrected chi connectivity index (χ1v) is 9.66. The second-order valence-electron chi connectivity index (χ2n) is 7.20. The van der Waals surface area contributed by atoms with E-state index in [0.29, 0.717) is 10.9 Å². The summed E-state index contributed by atoms with van der Waals surface area (Å²) in [5.41, 5.74) is 0.288. The van der Waals surface area contributed by atoms with Gasteiger partial charge in [0, 0.05) is 11.5 Å². The molecule has 7 nitrogen and oxygen atoms in total. The van der Waals surface area contributed by atoms with Crippen molar-refractivity contribution in [3.63, 3.8) is 0 Å². The molecule has 1 saturated heterocycles. The molecular weight excluding hydrogens is 409 g/mol. The number of nitrogens with one attached hydrogen (secondary N) is 2. The minimum atomic E-state index is -0.639. The van der Waals surface area contributed by atoms with E-state index in [-0.39, 0.29) is 33.3 Å². The van der Waals surface area contributed by atoms with Crippen molar-refractivity contribution >= 4 is 39.7 Å². The maximum absolute atomic E-state index is 14.3. The fraction of sp³-hybridized carbons (Fsp3) is 0.238. The van der Waals surface area contributed by atoms with Crippen LogP contribution in [0.4, 0.5) is 21.6 Å². The summed E-state index contributed by atoms with van der Waals surface area (Å²) in [5.74, 6) is 5.65. The van der Waals surface area contributed by atoms with Crippen molar-refractivity contribution in [3.05, 3.63) is 63.2 Å². The predicted octanol–water partition coefficient (Wildman–Crippen LogP) is 4.57. The summed E-state index contributed by atoms with van der Waals surface area (Å²) >= 11 is 5.83. The van der Waals surface area contributed by atoms with E-state index in [2.05, 4.69) is 32.4 Å². The highest BCUT2D eigenvalue weighted by Crippen LogP contribution is 2.31. The molecule has 1 atom stereocenters. The minimum Gasteiger partial charge on any atom is -0.337 e. The van der Waals surface area contributed by atoms with E-state index in [0.717, 1.165) is 19.4 Å². The largest absolute Gasteiger partial charge is 0.337 e. The second kappa shape index (κ2) is 7.86. The number of benzene rings is 2. The van der Waals surface area contributed by atoms with Gasteiger partial charge in [0.15, 0.2) is 5.82 Å². The Balaban J connectivity index is 1.80. The van der Waals surface area contributed by atoms with Crippen molar-refractivity contribution in [2.24, 2.45) is 0 Å². The Bertz CT molecular complexity index is 1220. The number of aromatic nitrogens is 2. The molecule has 4 rings (SSSR count). The molecule has 1 aliphatic rings. The van der Waals surface area contributed by atoms with Gasteiger partial charge in [0.05, 0.1) is 26.7 Å². The summed E-state index contributed by atoms with van der Waals surface area (Å²) in [5, 5.41) is 18.2. The fourth-order valence-corrected chi connectivity index (χ4v) is 3.55. The third kappa shape index (κ3) is 3.90. The number of hydrogen-bond donors (Lipinski definition) is 2. The first kappa shape index (κ1) is 20.0. The molecule has 0 bridgehead atoms. The third-order valence-corrected chi connectivity index (χ3v) is 5.29. The SMILES string of the molecule is CC1(C#Cc2cc3ncnc(Nc4cccc(Cl)c4F)c3cc2[N+](=O)[O-])CCCN1. The molecule has 1 unspecified atom stereocenters. The average molecular weight is 426 g/mol. The zero-order chi connectivity index (χ0) is 21.3. The molecular formula is C21H17ClFN5O2. The number of anilines is 2. The van der Waals surface area contributed by atoms with Gasteiger partial charge in [0.2, 0.25) is 0 Å². The van der Waals surface area contributed by atoms with Crippen LogP contribution in [-0.2, 0) is 0 Å². The van der Waals surface area contributed by atoms with Crippen LogP contribution in [-0.4, -0.2) is 27.0 Å². The van der Waals surface area contributed by atoms with E-state index < -0.39 is 10.7 Å².